The number of Topliss-reactive ketones (excluding diaryl/α,β-unsaturated/α-hetero) is 1. The predicted octanol–water partition coefficient (Wildman–Crippen LogP) is 1.30. The average molecular weight is 539 g/mol. The van der Waals surface area contributed by atoms with E-state index in [1.165, 1.54) is 12.2 Å². The maximum absolute atomic E-state index is 14.1. The molecule has 4 aliphatic heterocycles. The highest BCUT2D eigenvalue weighted by Gasteiger charge is 2.62. The van der Waals surface area contributed by atoms with E-state index in [0.717, 1.165) is 5.56 Å². The zero-order valence-corrected chi connectivity index (χ0v) is 22.3. The van der Waals surface area contributed by atoms with Crippen molar-refractivity contribution in [3.05, 3.63) is 53.3 Å². The summed E-state index contributed by atoms with van der Waals surface area (Å²) in [5, 5.41) is 25.9. The number of nitrogens with zero attached hydrogens (tertiary/aromatic N) is 1. The van der Waals surface area contributed by atoms with Gasteiger partial charge in [-0.25, -0.2) is 4.79 Å². The predicted molar refractivity (Wildman–Crippen MR) is 138 cm³/mol. The number of anilines is 1. The van der Waals surface area contributed by atoms with Crippen LogP contribution in [0.2, 0.25) is 0 Å². The smallest absolute Gasteiger partial charge is 0.336 e. The monoisotopic (exact) mass is 538 g/mol. The van der Waals surface area contributed by atoms with E-state index in [-0.39, 0.29) is 42.1 Å². The molecular weight excluding hydrogens is 504 g/mol. The fourth-order valence-corrected chi connectivity index (χ4v) is 7.46. The highest BCUT2D eigenvalue weighted by atomic mass is 16.7. The second-order valence-electron chi connectivity index (χ2n) is 11.3. The quantitative estimate of drug-likeness (QED) is 0.362. The topological polar surface area (TPSA) is 135 Å². The average Bonchev–Trinajstić information content (AvgIpc) is 3.38. The fraction of sp³-hybridized carbons (Fsp3) is 0.552. The lowest BCUT2D eigenvalue weighted by molar-refractivity contribution is -0.139. The standard InChI is InChI=1S/C29H34N2O8/c1-4-22(33)16-10-24-28(19-7-5-6-8-21(19)31(37-3)27(28)35)11-20(18(16)13-38-24)30-12-17-25-23(39-26(17)34)9-15(2)29(25,36)14-32/h5-8,10,12,15,18,20,23-25,30,32,36H,4,9,11,13-14H2,1-3H3/t15-,18-,20-,23-,24+,25-,28-,29-/m0/s1. The van der Waals surface area contributed by atoms with Crippen molar-refractivity contribution in [2.75, 3.05) is 25.4 Å². The van der Waals surface area contributed by atoms with Gasteiger partial charge in [-0.3, -0.25) is 14.4 Å². The molecule has 7 rings (SSSR count). The maximum Gasteiger partial charge on any atom is 0.336 e. The van der Waals surface area contributed by atoms with Gasteiger partial charge in [0.2, 0.25) is 0 Å². The number of amides is 1. The number of nitrogens with one attached hydrogen (secondary N) is 1. The van der Waals surface area contributed by atoms with Gasteiger partial charge in [0.1, 0.15) is 17.1 Å². The molecule has 1 amide bonds. The van der Waals surface area contributed by atoms with Crippen molar-refractivity contribution < 1.29 is 38.9 Å². The number of hydrogen-bond acceptors (Lipinski definition) is 9. The Kier molecular flexibility index (Phi) is 6.22. The zero-order valence-electron chi connectivity index (χ0n) is 22.3. The number of para-hydroxylation sites is 1. The summed E-state index contributed by atoms with van der Waals surface area (Å²) < 4.78 is 11.9. The minimum atomic E-state index is -1.49. The van der Waals surface area contributed by atoms with Crippen LogP contribution in [0.3, 0.4) is 0 Å². The van der Waals surface area contributed by atoms with E-state index in [9.17, 15) is 24.6 Å². The van der Waals surface area contributed by atoms with Crippen LogP contribution >= 0.6 is 0 Å². The van der Waals surface area contributed by atoms with E-state index in [4.69, 9.17) is 14.3 Å². The van der Waals surface area contributed by atoms with Crippen molar-refractivity contribution >= 4 is 23.3 Å². The molecule has 1 aromatic rings. The van der Waals surface area contributed by atoms with Crippen LogP contribution in [0.25, 0.3) is 0 Å². The van der Waals surface area contributed by atoms with Crippen molar-refractivity contribution in [1.82, 2.24) is 5.32 Å². The Bertz CT molecular complexity index is 1290. The molecule has 39 heavy (non-hydrogen) atoms. The highest BCUT2D eigenvalue weighted by Crippen LogP contribution is 2.53. The summed E-state index contributed by atoms with van der Waals surface area (Å²) >= 11 is 0. The number of aliphatic hydroxyl groups is 2. The van der Waals surface area contributed by atoms with Gasteiger partial charge in [-0.1, -0.05) is 32.0 Å². The number of hydroxylamine groups is 1. The molecule has 8 atom stereocenters. The highest BCUT2D eigenvalue weighted by molar-refractivity contribution is 6.08. The van der Waals surface area contributed by atoms with Gasteiger partial charge in [0.15, 0.2) is 5.78 Å². The molecule has 1 spiro atoms. The van der Waals surface area contributed by atoms with Crippen molar-refractivity contribution in [2.24, 2.45) is 17.8 Å². The summed E-state index contributed by atoms with van der Waals surface area (Å²) in [7, 11) is 1.44. The fourth-order valence-electron chi connectivity index (χ4n) is 7.46. The van der Waals surface area contributed by atoms with Crippen LogP contribution in [-0.4, -0.2) is 72.0 Å². The van der Waals surface area contributed by atoms with E-state index < -0.39 is 47.8 Å². The third-order valence-corrected chi connectivity index (χ3v) is 9.58. The van der Waals surface area contributed by atoms with Crippen molar-refractivity contribution in [2.45, 2.75) is 62.4 Å². The van der Waals surface area contributed by atoms with Crippen LogP contribution in [-0.2, 0) is 34.1 Å². The van der Waals surface area contributed by atoms with Gasteiger partial charge in [0.05, 0.1) is 43.6 Å². The molecule has 0 unspecified atom stereocenters. The molecule has 2 aliphatic carbocycles. The molecule has 10 heteroatoms. The van der Waals surface area contributed by atoms with Crippen LogP contribution in [0.4, 0.5) is 5.69 Å². The first kappa shape index (κ1) is 26.2. The molecule has 1 aromatic carbocycles. The number of aliphatic hydroxyl groups excluding tert-OH is 1. The minimum absolute atomic E-state index is 0.0215. The SMILES string of the molecule is CCC(=O)C1=C[C@H]2OC[C@@H]1[C@@H](NC=C1C(=O)O[C@H]3C[C@H](C)[C@@](O)(CO)[C@@H]13)C[C@@]21C(=O)N(OC)c2ccccc21. The van der Waals surface area contributed by atoms with Gasteiger partial charge < -0.3 is 25.0 Å². The molecule has 3 fully saturated rings. The molecule has 4 heterocycles. The first-order valence-electron chi connectivity index (χ1n) is 13.6. The third-order valence-electron chi connectivity index (χ3n) is 9.58. The van der Waals surface area contributed by atoms with Gasteiger partial charge in [-0.15, -0.1) is 0 Å². The van der Waals surface area contributed by atoms with Gasteiger partial charge in [0, 0.05) is 30.2 Å². The number of carbonyl (C=O) groups excluding carboxylic acids is 3. The van der Waals surface area contributed by atoms with Crippen molar-refractivity contribution in [1.29, 1.82) is 0 Å². The Morgan fingerprint density at radius 1 is 1.31 bits per heavy atom. The Hall–Kier alpha value is -3.05. The van der Waals surface area contributed by atoms with Gasteiger partial charge in [-0.2, -0.15) is 5.06 Å². The second kappa shape index (κ2) is 9.26. The number of ether oxygens (including phenoxy) is 2. The Morgan fingerprint density at radius 3 is 2.79 bits per heavy atom. The normalized spacial score (nSPS) is 39.6. The van der Waals surface area contributed by atoms with Gasteiger partial charge in [0.25, 0.3) is 5.91 Å². The largest absolute Gasteiger partial charge is 0.458 e. The number of carbonyl (C=O) groups is 3. The van der Waals surface area contributed by atoms with Crippen LogP contribution in [0.15, 0.2) is 47.7 Å². The Balaban J connectivity index is 1.43. The van der Waals surface area contributed by atoms with E-state index in [0.29, 0.717) is 24.1 Å². The van der Waals surface area contributed by atoms with Crippen molar-refractivity contribution in [3.63, 3.8) is 0 Å². The number of hydrogen-bond donors (Lipinski definition) is 3. The number of fused-ring (bicyclic) bond motifs is 4. The van der Waals surface area contributed by atoms with Crippen LogP contribution in [0.1, 0.15) is 38.7 Å². The lowest BCUT2D eigenvalue weighted by atomic mass is 9.72. The summed E-state index contributed by atoms with van der Waals surface area (Å²) in [5.41, 5.74) is -0.403. The van der Waals surface area contributed by atoms with Crippen LogP contribution in [0.5, 0.6) is 0 Å². The molecule has 3 N–H and O–H groups in total. The summed E-state index contributed by atoms with van der Waals surface area (Å²) in [5.74, 6) is -2.16. The molecule has 6 aliphatic rings. The molecule has 2 bridgehead atoms. The minimum Gasteiger partial charge on any atom is -0.458 e. The Morgan fingerprint density at radius 2 is 2.08 bits per heavy atom. The third kappa shape index (κ3) is 3.51. The lowest BCUT2D eigenvalue weighted by Crippen LogP contribution is -2.50. The molecular formula is C29H34N2O8. The number of benzene rings is 1. The van der Waals surface area contributed by atoms with E-state index in [1.54, 1.807) is 19.2 Å². The number of rotatable bonds is 6. The molecule has 0 radical (unpaired) electrons. The molecule has 10 nitrogen and oxygen atoms in total. The maximum atomic E-state index is 14.1. The summed E-state index contributed by atoms with van der Waals surface area (Å²) in [6.45, 7) is 3.36. The Labute approximate surface area is 226 Å². The van der Waals surface area contributed by atoms with E-state index in [2.05, 4.69) is 5.32 Å². The zero-order chi connectivity index (χ0) is 27.7. The summed E-state index contributed by atoms with van der Waals surface area (Å²) in [4.78, 5) is 45.5. The first-order chi connectivity index (χ1) is 18.7. The summed E-state index contributed by atoms with van der Waals surface area (Å²) in [6, 6.07) is 6.94. The molecule has 208 valence electrons. The first-order valence-corrected chi connectivity index (χ1v) is 13.6. The van der Waals surface area contributed by atoms with E-state index in [1.807, 2.05) is 31.2 Å². The molecule has 0 aromatic heterocycles. The van der Waals surface area contributed by atoms with Gasteiger partial charge in [-0.05, 0) is 36.5 Å². The number of esters is 1. The van der Waals surface area contributed by atoms with Crippen LogP contribution < -0.4 is 10.4 Å². The lowest BCUT2D eigenvalue weighted by Gasteiger charge is -2.34. The van der Waals surface area contributed by atoms with Crippen molar-refractivity contribution in [3.8, 4) is 0 Å². The molecule has 1 saturated carbocycles. The second-order valence-corrected chi connectivity index (χ2v) is 11.3. The van der Waals surface area contributed by atoms with Gasteiger partial charge >= 0.3 is 5.97 Å². The van der Waals surface area contributed by atoms with Crippen LogP contribution in [0, 0.1) is 17.8 Å². The van der Waals surface area contributed by atoms with E-state index >= 15 is 0 Å². The number of ketones is 1. The molecule has 2 saturated heterocycles. The summed E-state index contributed by atoms with van der Waals surface area (Å²) in [6.07, 6.45) is 3.19.